The highest BCUT2D eigenvalue weighted by molar-refractivity contribution is 7.99. The Morgan fingerprint density at radius 3 is 2.38 bits per heavy atom. The van der Waals surface area contributed by atoms with Crippen LogP contribution in [0.3, 0.4) is 0 Å². The zero-order valence-corrected chi connectivity index (χ0v) is 18.5. The maximum absolute atomic E-state index is 12.6. The molecule has 0 saturated carbocycles. The molecular formula is C18H26N6O3S2. The fourth-order valence-electron chi connectivity index (χ4n) is 3.00. The molecule has 2 aromatic rings. The summed E-state index contributed by atoms with van der Waals surface area (Å²) in [5.74, 6) is 0.152. The molecule has 0 atom stereocenters. The summed E-state index contributed by atoms with van der Waals surface area (Å²) in [5.41, 5.74) is 0.493. The van der Waals surface area contributed by atoms with Crippen molar-refractivity contribution >= 4 is 27.7 Å². The van der Waals surface area contributed by atoms with Gasteiger partial charge in [-0.3, -0.25) is 4.79 Å². The number of tetrazole rings is 1. The first kappa shape index (κ1) is 21.7. The third-order valence-corrected chi connectivity index (χ3v) is 7.33. The third-order valence-electron chi connectivity index (χ3n) is 4.58. The van der Waals surface area contributed by atoms with Crippen molar-refractivity contribution in [1.29, 1.82) is 0 Å². The van der Waals surface area contributed by atoms with Crippen LogP contribution in [-0.4, -0.2) is 75.7 Å². The van der Waals surface area contributed by atoms with Gasteiger partial charge in [0.2, 0.25) is 21.1 Å². The van der Waals surface area contributed by atoms with Gasteiger partial charge >= 0.3 is 0 Å². The van der Waals surface area contributed by atoms with Crippen LogP contribution in [0, 0.1) is 0 Å². The lowest BCUT2D eigenvalue weighted by Gasteiger charge is -2.34. The van der Waals surface area contributed by atoms with Gasteiger partial charge in [0.05, 0.1) is 17.0 Å². The van der Waals surface area contributed by atoms with Gasteiger partial charge in [0, 0.05) is 26.2 Å². The summed E-state index contributed by atoms with van der Waals surface area (Å²) in [7, 11) is -3.39. The number of rotatable bonds is 6. The number of thioether (sulfide) groups is 1. The fraction of sp³-hybridized carbons (Fsp3) is 0.556. The maximum Gasteiger partial charge on any atom is 0.233 e. The van der Waals surface area contributed by atoms with E-state index in [0.29, 0.717) is 31.3 Å². The van der Waals surface area contributed by atoms with E-state index in [2.05, 4.69) is 15.5 Å². The molecule has 1 aromatic heterocycles. The number of hydrogen-bond donors (Lipinski definition) is 0. The second-order valence-electron chi connectivity index (χ2n) is 7.85. The molecule has 0 spiro atoms. The number of benzene rings is 1. The molecule has 29 heavy (non-hydrogen) atoms. The van der Waals surface area contributed by atoms with E-state index >= 15 is 0 Å². The number of nitrogens with zero attached hydrogens (tertiary/aromatic N) is 6. The molecule has 9 nitrogen and oxygen atoms in total. The summed E-state index contributed by atoms with van der Waals surface area (Å²) in [6.07, 6.45) is 0. The van der Waals surface area contributed by atoms with Crippen molar-refractivity contribution in [2.75, 3.05) is 31.9 Å². The number of hydrogen-bond acceptors (Lipinski definition) is 7. The minimum Gasteiger partial charge on any atom is -0.339 e. The highest BCUT2D eigenvalue weighted by Crippen LogP contribution is 2.22. The lowest BCUT2D eigenvalue weighted by molar-refractivity contribution is -0.129. The predicted molar refractivity (Wildman–Crippen MR) is 111 cm³/mol. The van der Waals surface area contributed by atoms with Crippen LogP contribution in [0.2, 0.25) is 0 Å². The standard InChI is InChI=1S/C18H26N6O3S2/c1-18(2,3)24-17(19-20-21-24)28-13-16(25)22-9-11-23(12-10-22)29(26,27)14-15-7-5-4-6-8-15/h4-8H,9-14H2,1-3H3. The molecule has 1 aliphatic heterocycles. The second kappa shape index (κ2) is 8.80. The Labute approximate surface area is 175 Å². The largest absolute Gasteiger partial charge is 0.339 e. The van der Waals surface area contributed by atoms with E-state index in [4.69, 9.17) is 0 Å². The second-order valence-corrected chi connectivity index (χ2v) is 10.8. The molecule has 1 fully saturated rings. The molecule has 0 bridgehead atoms. The van der Waals surface area contributed by atoms with Gasteiger partial charge < -0.3 is 4.90 Å². The molecule has 1 aliphatic rings. The van der Waals surface area contributed by atoms with Crippen molar-refractivity contribution in [3.63, 3.8) is 0 Å². The van der Waals surface area contributed by atoms with E-state index < -0.39 is 10.0 Å². The molecule has 0 unspecified atom stereocenters. The van der Waals surface area contributed by atoms with E-state index in [0.717, 1.165) is 5.56 Å². The molecule has 158 valence electrons. The topological polar surface area (TPSA) is 101 Å². The molecule has 2 heterocycles. The van der Waals surface area contributed by atoms with Gasteiger partial charge in [-0.05, 0) is 36.8 Å². The Morgan fingerprint density at radius 2 is 1.76 bits per heavy atom. The van der Waals surface area contributed by atoms with Crippen molar-refractivity contribution < 1.29 is 13.2 Å². The number of carbonyl (C=O) groups is 1. The van der Waals surface area contributed by atoms with Gasteiger partial charge in [-0.15, -0.1) is 5.10 Å². The SMILES string of the molecule is CC(C)(C)n1nnnc1SCC(=O)N1CCN(S(=O)(=O)Cc2ccccc2)CC1. The molecular weight excluding hydrogens is 412 g/mol. The Hall–Kier alpha value is -1.98. The lowest BCUT2D eigenvalue weighted by Crippen LogP contribution is -2.51. The summed E-state index contributed by atoms with van der Waals surface area (Å²) in [5, 5.41) is 12.3. The minimum atomic E-state index is -3.39. The van der Waals surface area contributed by atoms with Crippen LogP contribution in [0.5, 0.6) is 0 Å². The molecule has 0 aliphatic carbocycles. The third kappa shape index (κ3) is 5.55. The van der Waals surface area contributed by atoms with Crippen molar-refractivity contribution in [1.82, 2.24) is 29.4 Å². The molecule has 1 aromatic carbocycles. The normalized spacial score (nSPS) is 16.2. The van der Waals surface area contributed by atoms with Crippen LogP contribution in [0.4, 0.5) is 0 Å². The number of piperazine rings is 1. The number of sulfonamides is 1. The summed E-state index contributed by atoms with van der Waals surface area (Å²) < 4.78 is 28.4. The van der Waals surface area contributed by atoms with Crippen LogP contribution < -0.4 is 0 Å². The minimum absolute atomic E-state index is 0.0207. The Bertz CT molecular complexity index is 932. The molecule has 1 amide bonds. The zero-order valence-electron chi connectivity index (χ0n) is 16.9. The van der Waals surface area contributed by atoms with Crippen LogP contribution in [-0.2, 0) is 26.1 Å². The summed E-state index contributed by atoms with van der Waals surface area (Å²) >= 11 is 1.29. The van der Waals surface area contributed by atoms with Crippen molar-refractivity contribution in [2.45, 2.75) is 37.2 Å². The highest BCUT2D eigenvalue weighted by Gasteiger charge is 2.29. The predicted octanol–water partition coefficient (Wildman–Crippen LogP) is 1.19. The van der Waals surface area contributed by atoms with Gasteiger partial charge in [-0.25, -0.2) is 13.1 Å². The smallest absolute Gasteiger partial charge is 0.233 e. The molecule has 1 saturated heterocycles. The quantitative estimate of drug-likeness (QED) is 0.625. The van der Waals surface area contributed by atoms with Gasteiger partial charge in [-0.1, -0.05) is 42.1 Å². The molecule has 0 radical (unpaired) electrons. The average Bonchev–Trinajstić information content (AvgIpc) is 3.16. The van der Waals surface area contributed by atoms with Crippen LogP contribution >= 0.6 is 11.8 Å². The lowest BCUT2D eigenvalue weighted by atomic mass is 10.1. The average molecular weight is 439 g/mol. The highest BCUT2D eigenvalue weighted by atomic mass is 32.2. The Morgan fingerprint density at radius 1 is 1.10 bits per heavy atom. The first-order chi connectivity index (χ1) is 13.7. The number of amides is 1. The van der Waals surface area contributed by atoms with Crippen molar-refractivity contribution in [3.05, 3.63) is 35.9 Å². The van der Waals surface area contributed by atoms with E-state index in [1.165, 1.54) is 16.1 Å². The molecule has 11 heteroatoms. The monoisotopic (exact) mass is 438 g/mol. The number of aromatic nitrogens is 4. The van der Waals surface area contributed by atoms with E-state index in [1.807, 2.05) is 39.0 Å². The van der Waals surface area contributed by atoms with Gasteiger partial charge in [0.1, 0.15) is 0 Å². The van der Waals surface area contributed by atoms with Crippen molar-refractivity contribution in [2.24, 2.45) is 0 Å². The van der Waals surface area contributed by atoms with Gasteiger partial charge in [0.25, 0.3) is 0 Å². The molecule has 0 N–H and O–H groups in total. The van der Waals surface area contributed by atoms with Crippen LogP contribution in [0.1, 0.15) is 26.3 Å². The van der Waals surface area contributed by atoms with Crippen LogP contribution in [0.15, 0.2) is 35.5 Å². The van der Waals surface area contributed by atoms with Crippen LogP contribution in [0.25, 0.3) is 0 Å². The van der Waals surface area contributed by atoms with E-state index in [-0.39, 0.29) is 23.0 Å². The summed E-state index contributed by atoms with van der Waals surface area (Å²) in [6, 6.07) is 9.13. The fourth-order valence-corrected chi connectivity index (χ4v) is 5.48. The van der Waals surface area contributed by atoms with E-state index in [1.54, 1.807) is 21.7 Å². The zero-order chi connectivity index (χ0) is 21.1. The number of carbonyl (C=O) groups excluding carboxylic acids is 1. The summed E-state index contributed by atoms with van der Waals surface area (Å²) in [4.78, 5) is 14.3. The van der Waals surface area contributed by atoms with Crippen molar-refractivity contribution in [3.8, 4) is 0 Å². The van der Waals surface area contributed by atoms with E-state index in [9.17, 15) is 13.2 Å². The summed E-state index contributed by atoms with van der Waals surface area (Å²) in [6.45, 7) is 7.37. The first-order valence-corrected chi connectivity index (χ1v) is 12.0. The molecule has 3 rings (SSSR count). The Balaban J connectivity index is 1.51. The van der Waals surface area contributed by atoms with Gasteiger partial charge in [0.15, 0.2) is 0 Å². The van der Waals surface area contributed by atoms with Gasteiger partial charge in [-0.2, -0.15) is 4.31 Å². The first-order valence-electron chi connectivity index (χ1n) is 9.38. The maximum atomic E-state index is 12.6. The Kier molecular flexibility index (Phi) is 6.59.